The van der Waals surface area contributed by atoms with Crippen LogP contribution in [0.15, 0.2) is 0 Å². The summed E-state index contributed by atoms with van der Waals surface area (Å²) in [5.41, 5.74) is -0.727. The molecule has 0 fully saturated rings. The molecular formula is C6H13NO4. The van der Waals surface area contributed by atoms with Crippen molar-refractivity contribution in [3.05, 3.63) is 0 Å². The summed E-state index contributed by atoms with van der Waals surface area (Å²) in [6.45, 7) is 4.81. The lowest BCUT2D eigenvalue weighted by atomic mass is 10.2. The van der Waals surface area contributed by atoms with Gasteiger partial charge in [-0.3, -0.25) is 0 Å². The van der Waals surface area contributed by atoms with Gasteiger partial charge in [-0.2, -0.15) is 0 Å². The monoisotopic (exact) mass is 163 g/mol. The average Bonchev–Trinajstić information content (AvgIpc) is 1.60. The highest BCUT2D eigenvalue weighted by molar-refractivity contribution is 6.28. The fourth-order valence-corrected chi connectivity index (χ4v) is 0.322. The molecule has 0 radical (unpaired) electrons. The minimum atomic E-state index is -1.56. The van der Waals surface area contributed by atoms with Crippen LogP contribution in [0.2, 0.25) is 0 Å². The second kappa shape index (κ2) is 3.92. The Kier molecular flexibility index (Phi) is 4.48. The molecule has 66 valence electrons. The van der Waals surface area contributed by atoms with E-state index in [1.54, 1.807) is 20.8 Å². The van der Waals surface area contributed by atoms with Gasteiger partial charge >= 0.3 is 11.9 Å². The third-order valence-corrected chi connectivity index (χ3v) is 0.574. The third-order valence-electron chi connectivity index (χ3n) is 0.574. The maximum Gasteiger partial charge on any atom is 0.417 e. The molecule has 0 atom stereocenters. The zero-order valence-corrected chi connectivity index (χ0v) is 6.88. The summed E-state index contributed by atoms with van der Waals surface area (Å²) in [6, 6.07) is 0. The van der Waals surface area contributed by atoms with Crippen molar-refractivity contribution < 1.29 is 19.4 Å². The molecular weight excluding hydrogens is 150 g/mol. The SMILES string of the molecule is CC(C)(C)OC(=O)C(=O)O.N. The first-order chi connectivity index (χ1) is 4.33. The molecule has 0 aromatic heterocycles. The quantitative estimate of drug-likeness (QED) is 0.402. The van der Waals surface area contributed by atoms with Crippen LogP contribution in [0.25, 0.3) is 0 Å². The Labute approximate surface area is 64.9 Å². The van der Waals surface area contributed by atoms with Crippen molar-refractivity contribution in [3.63, 3.8) is 0 Å². The summed E-state index contributed by atoms with van der Waals surface area (Å²) in [5, 5.41) is 8.07. The molecule has 0 bridgehead atoms. The minimum Gasteiger partial charge on any atom is -0.473 e. The summed E-state index contributed by atoms with van der Waals surface area (Å²) >= 11 is 0. The van der Waals surface area contributed by atoms with E-state index in [-0.39, 0.29) is 6.15 Å². The predicted molar refractivity (Wildman–Crippen MR) is 38.5 cm³/mol. The first-order valence-corrected chi connectivity index (χ1v) is 2.79. The number of carbonyl (C=O) groups is 2. The van der Waals surface area contributed by atoms with Gasteiger partial charge in [0.25, 0.3) is 0 Å². The zero-order valence-electron chi connectivity index (χ0n) is 6.88. The molecule has 0 aliphatic carbocycles. The van der Waals surface area contributed by atoms with Gasteiger partial charge in [-0.05, 0) is 20.8 Å². The highest BCUT2D eigenvalue weighted by atomic mass is 16.6. The number of hydrogen-bond acceptors (Lipinski definition) is 4. The Balaban J connectivity index is 0. The van der Waals surface area contributed by atoms with E-state index in [2.05, 4.69) is 4.74 Å². The van der Waals surface area contributed by atoms with Crippen molar-refractivity contribution in [2.24, 2.45) is 0 Å². The van der Waals surface area contributed by atoms with E-state index in [4.69, 9.17) is 5.11 Å². The molecule has 0 aromatic carbocycles. The van der Waals surface area contributed by atoms with Gasteiger partial charge in [0.1, 0.15) is 5.60 Å². The van der Waals surface area contributed by atoms with E-state index in [1.807, 2.05) is 0 Å². The number of ether oxygens (including phenoxy) is 1. The van der Waals surface area contributed by atoms with Crippen LogP contribution in [0.1, 0.15) is 20.8 Å². The molecule has 0 heterocycles. The van der Waals surface area contributed by atoms with Gasteiger partial charge in [0, 0.05) is 0 Å². The third kappa shape index (κ3) is 6.79. The number of esters is 1. The van der Waals surface area contributed by atoms with Gasteiger partial charge in [-0.25, -0.2) is 9.59 Å². The Hall–Kier alpha value is -1.10. The van der Waals surface area contributed by atoms with Gasteiger partial charge < -0.3 is 16.0 Å². The van der Waals surface area contributed by atoms with E-state index >= 15 is 0 Å². The fraction of sp³-hybridized carbons (Fsp3) is 0.667. The van der Waals surface area contributed by atoms with Gasteiger partial charge in [0.15, 0.2) is 0 Å². The van der Waals surface area contributed by atoms with Crippen LogP contribution < -0.4 is 6.15 Å². The smallest absolute Gasteiger partial charge is 0.417 e. The van der Waals surface area contributed by atoms with Crippen molar-refractivity contribution in [2.75, 3.05) is 0 Å². The standard InChI is InChI=1S/C6H10O4.H3N/c1-6(2,3)10-5(9)4(7)8;/h1-3H3,(H,7,8);1H3. The molecule has 0 saturated heterocycles. The van der Waals surface area contributed by atoms with E-state index in [0.717, 1.165) is 0 Å². The van der Waals surface area contributed by atoms with Crippen LogP contribution in [-0.4, -0.2) is 22.6 Å². The molecule has 5 heteroatoms. The molecule has 0 rings (SSSR count). The number of rotatable bonds is 0. The second-order valence-electron chi connectivity index (χ2n) is 2.81. The molecule has 5 nitrogen and oxygen atoms in total. The molecule has 0 aliphatic heterocycles. The summed E-state index contributed by atoms with van der Waals surface area (Å²) in [6.07, 6.45) is 0. The van der Waals surface area contributed by atoms with Crippen LogP contribution in [0.4, 0.5) is 0 Å². The number of carboxylic acid groups (broad SMARTS) is 1. The molecule has 11 heavy (non-hydrogen) atoms. The molecule has 0 aromatic rings. The lowest BCUT2D eigenvalue weighted by molar-refractivity contribution is -0.171. The number of aliphatic carboxylic acids is 1. The van der Waals surface area contributed by atoms with Crippen molar-refractivity contribution in [2.45, 2.75) is 26.4 Å². The highest BCUT2D eigenvalue weighted by Crippen LogP contribution is 2.06. The van der Waals surface area contributed by atoms with Gasteiger partial charge in [-0.1, -0.05) is 0 Å². The van der Waals surface area contributed by atoms with Crippen molar-refractivity contribution in [1.82, 2.24) is 6.15 Å². The Bertz CT molecular complexity index is 158. The number of hydrogen-bond donors (Lipinski definition) is 2. The molecule has 0 saturated carbocycles. The van der Waals surface area contributed by atoms with Crippen LogP contribution in [0.3, 0.4) is 0 Å². The van der Waals surface area contributed by atoms with Crippen LogP contribution >= 0.6 is 0 Å². The normalized spacial score (nSPS) is 9.73. The van der Waals surface area contributed by atoms with Crippen LogP contribution in [0, 0.1) is 0 Å². The van der Waals surface area contributed by atoms with E-state index in [0.29, 0.717) is 0 Å². The van der Waals surface area contributed by atoms with E-state index < -0.39 is 17.5 Å². The Morgan fingerprint density at radius 1 is 1.27 bits per heavy atom. The lowest BCUT2D eigenvalue weighted by Gasteiger charge is -2.17. The maximum absolute atomic E-state index is 10.3. The first-order valence-electron chi connectivity index (χ1n) is 2.79. The van der Waals surface area contributed by atoms with Crippen molar-refractivity contribution in [1.29, 1.82) is 0 Å². The molecule has 0 amide bonds. The zero-order chi connectivity index (χ0) is 8.36. The fourth-order valence-electron chi connectivity index (χ4n) is 0.322. The summed E-state index contributed by atoms with van der Waals surface area (Å²) < 4.78 is 4.46. The Morgan fingerprint density at radius 2 is 1.64 bits per heavy atom. The first kappa shape index (κ1) is 12.6. The maximum atomic E-state index is 10.3. The average molecular weight is 163 g/mol. The van der Waals surface area contributed by atoms with Crippen LogP contribution in [0.5, 0.6) is 0 Å². The molecule has 0 spiro atoms. The van der Waals surface area contributed by atoms with Gasteiger partial charge in [-0.15, -0.1) is 0 Å². The van der Waals surface area contributed by atoms with Crippen LogP contribution in [-0.2, 0) is 14.3 Å². The topological polar surface area (TPSA) is 98.6 Å². The second-order valence-corrected chi connectivity index (χ2v) is 2.81. The highest BCUT2D eigenvalue weighted by Gasteiger charge is 2.21. The largest absolute Gasteiger partial charge is 0.473 e. The van der Waals surface area contributed by atoms with Gasteiger partial charge in [0.2, 0.25) is 0 Å². The summed E-state index contributed by atoms with van der Waals surface area (Å²) in [7, 11) is 0. The number of carbonyl (C=O) groups excluding carboxylic acids is 1. The summed E-state index contributed by atoms with van der Waals surface area (Å²) in [5.74, 6) is -2.78. The van der Waals surface area contributed by atoms with Gasteiger partial charge in [0.05, 0.1) is 0 Å². The van der Waals surface area contributed by atoms with E-state index in [1.165, 1.54) is 0 Å². The number of carboxylic acids is 1. The molecule has 4 N–H and O–H groups in total. The lowest BCUT2D eigenvalue weighted by Crippen LogP contribution is -2.28. The van der Waals surface area contributed by atoms with Crippen molar-refractivity contribution in [3.8, 4) is 0 Å². The molecule has 0 unspecified atom stereocenters. The molecule has 0 aliphatic rings. The predicted octanol–water partition coefficient (Wildman–Crippen LogP) is 0.575. The Morgan fingerprint density at radius 3 is 1.73 bits per heavy atom. The van der Waals surface area contributed by atoms with E-state index in [9.17, 15) is 9.59 Å². The van der Waals surface area contributed by atoms with Crippen molar-refractivity contribution >= 4 is 11.9 Å². The summed E-state index contributed by atoms with van der Waals surface area (Å²) in [4.78, 5) is 20.2. The minimum absolute atomic E-state index is 0.